The molecule has 1 rings (SSSR count). The second-order valence-electron chi connectivity index (χ2n) is 4.72. The zero-order chi connectivity index (χ0) is 12.7. The molecule has 0 spiro atoms. The normalized spacial score (nSPS) is 19.9. The molecule has 0 saturated heterocycles. The zero-order valence-corrected chi connectivity index (χ0v) is 9.89. The van der Waals surface area contributed by atoms with Crippen molar-refractivity contribution >= 4 is 0 Å². The summed E-state index contributed by atoms with van der Waals surface area (Å²) in [7, 11) is 0. The lowest BCUT2D eigenvalue weighted by Gasteiger charge is -2.22. The highest BCUT2D eigenvalue weighted by Crippen LogP contribution is 2.26. The number of nitrogens with one attached hydrogen (secondary N) is 1. The van der Waals surface area contributed by atoms with E-state index in [9.17, 15) is 13.2 Å². The molecule has 5 heteroatoms. The fourth-order valence-electron chi connectivity index (χ4n) is 2.26. The Bertz CT molecular complexity index is 251. The van der Waals surface area contributed by atoms with Crippen LogP contribution in [0.25, 0.3) is 0 Å². The molecule has 1 N–H and O–H groups in total. The Morgan fingerprint density at radius 2 is 1.88 bits per heavy atom. The molecule has 0 heterocycles. The Morgan fingerprint density at radius 3 is 2.41 bits per heavy atom. The van der Waals surface area contributed by atoms with Gasteiger partial charge in [-0.1, -0.05) is 32.1 Å². The minimum Gasteiger partial charge on any atom is -0.315 e. The fraction of sp³-hybridized carbons (Fsp3) is 0.917. The van der Waals surface area contributed by atoms with Crippen LogP contribution in [0.4, 0.5) is 13.2 Å². The first-order valence-corrected chi connectivity index (χ1v) is 6.21. The molecule has 1 saturated carbocycles. The maximum Gasteiger partial charge on any atom is 0.405 e. The van der Waals surface area contributed by atoms with Crippen LogP contribution in [-0.2, 0) is 0 Å². The standard InChI is InChI=1S/C12H19F3N2/c13-12(14,15)11(8-16)9-17-7-6-10-4-2-1-3-5-10/h10-11,17H,1-7,9H2. The summed E-state index contributed by atoms with van der Waals surface area (Å²) in [6.45, 7) is 0.297. The Labute approximate surface area is 100 Å². The number of hydrogen-bond acceptors (Lipinski definition) is 2. The molecule has 2 nitrogen and oxygen atoms in total. The van der Waals surface area contributed by atoms with Gasteiger partial charge in [0.1, 0.15) is 0 Å². The molecule has 1 aliphatic rings. The summed E-state index contributed by atoms with van der Waals surface area (Å²) in [5.74, 6) is -1.23. The van der Waals surface area contributed by atoms with Crippen LogP contribution in [-0.4, -0.2) is 19.3 Å². The number of halogens is 3. The Balaban J connectivity index is 2.12. The molecular formula is C12H19F3N2. The molecule has 1 atom stereocenters. The van der Waals surface area contributed by atoms with Crippen molar-refractivity contribution in [3.8, 4) is 6.07 Å². The molecule has 98 valence electrons. The van der Waals surface area contributed by atoms with E-state index in [0.29, 0.717) is 12.5 Å². The minimum atomic E-state index is -4.41. The van der Waals surface area contributed by atoms with Crippen molar-refractivity contribution in [2.45, 2.75) is 44.7 Å². The van der Waals surface area contributed by atoms with Crippen LogP contribution in [0, 0.1) is 23.2 Å². The van der Waals surface area contributed by atoms with Gasteiger partial charge in [0.25, 0.3) is 0 Å². The van der Waals surface area contributed by atoms with E-state index in [1.807, 2.05) is 0 Å². The van der Waals surface area contributed by atoms with E-state index in [4.69, 9.17) is 5.26 Å². The van der Waals surface area contributed by atoms with E-state index in [2.05, 4.69) is 5.32 Å². The van der Waals surface area contributed by atoms with E-state index in [1.165, 1.54) is 38.2 Å². The summed E-state index contributed by atoms with van der Waals surface area (Å²) in [4.78, 5) is 0. The lowest BCUT2D eigenvalue weighted by atomic mass is 9.87. The lowest BCUT2D eigenvalue weighted by molar-refractivity contribution is -0.157. The first-order chi connectivity index (χ1) is 8.04. The van der Waals surface area contributed by atoms with Gasteiger partial charge in [-0.2, -0.15) is 18.4 Å². The summed E-state index contributed by atoms with van der Waals surface area (Å²) in [5.41, 5.74) is 0. The van der Waals surface area contributed by atoms with Gasteiger partial charge in [0.05, 0.1) is 6.07 Å². The molecule has 0 aromatic heterocycles. The quantitative estimate of drug-likeness (QED) is 0.758. The monoisotopic (exact) mass is 248 g/mol. The van der Waals surface area contributed by atoms with Crippen molar-refractivity contribution < 1.29 is 13.2 Å². The van der Waals surface area contributed by atoms with Gasteiger partial charge >= 0.3 is 6.18 Å². The third-order valence-electron chi connectivity index (χ3n) is 3.35. The second kappa shape index (κ2) is 6.85. The first-order valence-electron chi connectivity index (χ1n) is 6.21. The molecule has 0 aliphatic heterocycles. The number of alkyl halides is 3. The third kappa shape index (κ3) is 5.40. The van der Waals surface area contributed by atoms with Gasteiger partial charge in [-0.3, -0.25) is 0 Å². The average Bonchev–Trinajstić information content (AvgIpc) is 2.28. The SMILES string of the molecule is N#CC(CNCCC1CCCCC1)C(F)(F)F. The van der Waals surface area contributed by atoms with Gasteiger partial charge in [-0.25, -0.2) is 0 Å². The summed E-state index contributed by atoms with van der Waals surface area (Å²) in [6, 6.07) is 1.29. The van der Waals surface area contributed by atoms with Crippen LogP contribution >= 0.6 is 0 Å². The molecular weight excluding hydrogens is 229 g/mol. The van der Waals surface area contributed by atoms with E-state index < -0.39 is 12.1 Å². The van der Waals surface area contributed by atoms with Crippen molar-refractivity contribution in [2.24, 2.45) is 11.8 Å². The van der Waals surface area contributed by atoms with Crippen LogP contribution in [0.15, 0.2) is 0 Å². The van der Waals surface area contributed by atoms with Crippen molar-refractivity contribution in [2.75, 3.05) is 13.1 Å². The van der Waals surface area contributed by atoms with E-state index >= 15 is 0 Å². The largest absolute Gasteiger partial charge is 0.405 e. The maximum absolute atomic E-state index is 12.2. The summed E-state index contributed by atoms with van der Waals surface area (Å²) in [5, 5.41) is 11.1. The van der Waals surface area contributed by atoms with Crippen molar-refractivity contribution in [3.05, 3.63) is 0 Å². The smallest absolute Gasteiger partial charge is 0.315 e. The van der Waals surface area contributed by atoms with Gasteiger partial charge in [-0.15, -0.1) is 0 Å². The lowest BCUT2D eigenvalue weighted by Crippen LogP contribution is -2.33. The fourth-order valence-corrected chi connectivity index (χ4v) is 2.26. The summed E-state index contributed by atoms with van der Waals surface area (Å²) < 4.78 is 36.7. The molecule has 0 aromatic carbocycles. The molecule has 1 aliphatic carbocycles. The van der Waals surface area contributed by atoms with E-state index in [0.717, 1.165) is 6.42 Å². The highest BCUT2D eigenvalue weighted by molar-refractivity contribution is 4.89. The molecule has 0 bridgehead atoms. The van der Waals surface area contributed by atoms with E-state index in [1.54, 1.807) is 0 Å². The predicted octanol–water partition coefficient (Wildman–Crippen LogP) is 3.25. The topological polar surface area (TPSA) is 35.8 Å². The van der Waals surface area contributed by atoms with Crippen LogP contribution in [0.1, 0.15) is 38.5 Å². The third-order valence-corrected chi connectivity index (χ3v) is 3.35. The summed E-state index contributed by atoms with van der Waals surface area (Å²) >= 11 is 0. The van der Waals surface area contributed by atoms with Crippen LogP contribution in [0.2, 0.25) is 0 Å². The molecule has 0 amide bonds. The number of rotatable bonds is 5. The highest BCUT2D eigenvalue weighted by atomic mass is 19.4. The van der Waals surface area contributed by atoms with Gasteiger partial charge in [-0.05, 0) is 18.9 Å². The Kier molecular flexibility index (Phi) is 5.76. The van der Waals surface area contributed by atoms with Crippen molar-refractivity contribution in [3.63, 3.8) is 0 Å². The van der Waals surface area contributed by atoms with Gasteiger partial charge in [0.15, 0.2) is 5.92 Å². The maximum atomic E-state index is 12.2. The van der Waals surface area contributed by atoms with Gasteiger partial charge in [0.2, 0.25) is 0 Å². The van der Waals surface area contributed by atoms with Crippen molar-refractivity contribution in [1.29, 1.82) is 5.26 Å². The van der Waals surface area contributed by atoms with Crippen LogP contribution in [0.5, 0.6) is 0 Å². The van der Waals surface area contributed by atoms with Gasteiger partial charge < -0.3 is 5.32 Å². The molecule has 1 fully saturated rings. The van der Waals surface area contributed by atoms with Gasteiger partial charge in [0, 0.05) is 6.54 Å². The highest BCUT2D eigenvalue weighted by Gasteiger charge is 2.39. The molecule has 0 radical (unpaired) electrons. The van der Waals surface area contributed by atoms with Crippen LogP contribution in [0.3, 0.4) is 0 Å². The molecule has 1 unspecified atom stereocenters. The van der Waals surface area contributed by atoms with Crippen molar-refractivity contribution in [1.82, 2.24) is 5.32 Å². The molecule has 17 heavy (non-hydrogen) atoms. The van der Waals surface area contributed by atoms with Crippen LogP contribution < -0.4 is 5.32 Å². The number of nitriles is 1. The number of hydrogen-bond donors (Lipinski definition) is 1. The molecule has 0 aromatic rings. The zero-order valence-electron chi connectivity index (χ0n) is 9.89. The Morgan fingerprint density at radius 1 is 1.24 bits per heavy atom. The predicted molar refractivity (Wildman–Crippen MR) is 59.2 cm³/mol. The first kappa shape index (κ1) is 14.3. The second-order valence-corrected chi connectivity index (χ2v) is 4.72. The Hall–Kier alpha value is -0.760. The minimum absolute atomic E-state index is 0.285. The summed E-state index contributed by atoms with van der Waals surface area (Å²) in [6.07, 6.45) is 2.68. The van der Waals surface area contributed by atoms with E-state index in [-0.39, 0.29) is 6.54 Å². The number of nitrogens with zero attached hydrogens (tertiary/aromatic N) is 1. The average molecular weight is 248 g/mol.